The van der Waals surface area contributed by atoms with E-state index in [2.05, 4.69) is 15.4 Å². The fourth-order valence-corrected chi connectivity index (χ4v) is 3.45. The van der Waals surface area contributed by atoms with Gasteiger partial charge in [-0.1, -0.05) is 12.1 Å². The number of anilines is 1. The Morgan fingerprint density at radius 2 is 1.83 bits per heavy atom. The fraction of sp³-hybridized carbons (Fsp3) is 0.190. The first kappa shape index (κ1) is 18.5. The number of allylic oxidation sites excluding steroid dienone is 1. The quantitative estimate of drug-likeness (QED) is 0.693. The third-order valence-corrected chi connectivity index (χ3v) is 4.88. The number of carbonyl (C=O) groups excluding carboxylic acids is 1. The van der Waals surface area contributed by atoms with Crippen molar-refractivity contribution in [2.45, 2.75) is 13.0 Å². The van der Waals surface area contributed by atoms with Crippen LogP contribution in [0, 0.1) is 0 Å². The van der Waals surface area contributed by atoms with Gasteiger partial charge in [-0.05, 0) is 48.9 Å². The minimum atomic E-state index is -0.519. The summed E-state index contributed by atoms with van der Waals surface area (Å²) in [6, 6.07) is 14.4. The summed E-state index contributed by atoms with van der Waals surface area (Å²) in [6.45, 7) is 1.80. The van der Waals surface area contributed by atoms with Crippen LogP contribution in [0.15, 0.2) is 59.8 Å². The summed E-state index contributed by atoms with van der Waals surface area (Å²) < 4.78 is 12.2. The van der Waals surface area contributed by atoms with Gasteiger partial charge in [-0.25, -0.2) is 4.68 Å². The van der Waals surface area contributed by atoms with Crippen LogP contribution in [0.3, 0.4) is 0 Å². The van der Waals surface area contributed by atoms with Gasteiger partial charge >= 0.3 is 0 Å². The largest absolute Gasteiger partial charge is 0.497 e. The van der Waals surface area contributed by atoms with Crippen LogP contribution in [0.1, 0.15) is 18.5 Å². The number of primary amides is 1. The Balaban J connectivity index is 1.84. The molecule has 0 bridgehead atoms. The maximum absolute atomic E-state index is 12.3. The maximum atomic E-state index is 12.3. The van der Waals surface area contributed by atoms with Gasteiger partial charge in [0, 0.05) is 11.3 Å². The molecule has 2 aromatic carbocycles. The van der Waals surface area contributed by atoms with Crippen molar-refractivity contribution < 1.29 is 14.3 Å². The van der Waals surface area contributed by atoms with Crippen LogP contribution in [0.25, 0.3) is 11.4 Å². The first-order valence-electron chi connectivity index (χ1n) is 9.04. The number of nitrogens with one attached hydrogen (secondary N) is 1. The lowest BCUT2D eigenvalue weighted by Crippen LogP contribution is -2.31. The molecule has 8 nitrogen and oxygen atoms in total. The molecule has 2 heterocycles. The van der Waals surface area contributed by atoms with Crippen LogP contribution in [0.5, 0.6) is 11.5 Å². The summed E-state index contributed by atoms with van der Waals surface area (Å²) in [4.78, 5) is 16.9. The standard InChI is InChI=1S/C21H21N5O3/c1-12-17(19(22)27)18(14-5-4-6-16(11-14)29-3)26-21(23-12)24-20(25-26)13-7-9-15(28-2)10-8-13/h4-11,18H,1-3H3,(H2,22,27)(H,23,24,25)/t18-/m1/s1. The predicted molar refractivity (Wildman–Crippen MR) is 109 cm³/mol. The molecule has 3 aromatic rings. The zero-order valence-corrected chi connectivity index (χ0v) is 16.3. The van der Waals surface area contributed by atoms with E-state index in [1.54, 1.807) is 25.8 Å². The van der Waals surface area contributed by atoms with Crippen LogP contribution in [-0.4, -0.2) is 34.9 Å². The van der Waals surface area contributed by atoms with E-state index < -0.39 is 11.9 Å². The van der Waals surface area contributed by atoms with E-state index in [0.29, 0.717) is 28.8 Å². The zero-order valence-electron chi connectivity index (χ0n) is 16.3. The van der Waals surface area contributed by atoms with Crippen molar-refractivity contribution in [3.63, 3.8) is 0 Å². The van der Waals surface area contributed by atoms with Crippen LogP contribution in [0.4, 0.5) is 5.95 Å². The lowest BCUT2D eigenvalue weighted by molar-refractivity contribution is -0.115. The van der Waals surface area contributed by atoms with E-state index in [-0.39, 0.29) is 0 Å². The molecule has 4 rings (SSSR count). The number of rotatable bonds is 5. The van der Waals surface area contributed by atoms with E-state index in [4.69, 9.17) is 15.2 Å². The normalized spacial score (nSPS) is 15.5. The number of fused-ring (bicyclic) bond motifs is 1. The maximum Gasteiger partial charge on any atom is 0.248 e. The summed E-state index contributed by atoms with van der Waals surface area (Å²) in [7, 11) is 3.21. The molecule has 0 unspecified atom stereocenters. The van der Waals surface area contributed by atoms with Crippen molar-refractivity contribution in [3.05, 3.63) is 65.4 Å². The summed E-state index contributed by atoms with van der Waals surface area (Å²) in [6.07, 6.45) is 0. The van der Waals surface area contributed by atoms with Gasteiger partial charge in [-0.3, -0.25) is 4.79 Å². The van der Waals surface area contributed by atoms with Gasteiger partial charge in [0.25, 0.3) is 0 Å². The first-order chi connectivity index (χ1) is 14.0. The zero-order chi connectivity index (χ0) is 20.5. The van der Waals surface area contributed by atoms with Gasteiger partial charge in [-0.15, -0.1) is 5.10 Å². The summed E-state index contributed by atoms with van der Waals surface area (Å²) in [5.74, 6) is 1.97. The third-order valence-electron chi connectivity index (χ3n) is 4.88. The van der Waals surface area contributed by atoms with Crippen molar-refractivity contribution in [1.82, 2.24) is 14.8 Å². The number of benzene rings is 2. The Morgan fingerprint density at radius 3 is 2.48 bits per heavy atom. The average Bonchev–Trinajstić information content (AvgIpc) is 3.16. The summed E-state index contributed by atoms with van der Waals surface area (Å²) in [5.41, 5.74) is 8.45. The third kappa shape index (κ3) is 3.29. The van der Waals surface area contributed by atoms with E-state index in [1.165, 1.54) is 0 Å². The molecule has 0 saturated heterocycles. The Bertz CT molecular complexity index is 1100. The highest BCUT2D eigenvalue weighted by Crippen LogP contribution is 2.37. The van der Waals surface area contributed by atoms with Gasteiger partial charge in [0.05, 0.1) is 19.8 Å². The van der Waals surface area contributed by atoms with Crippen LogP contribution in [-0.2, 0) is 4.79 Å². The molecule has 0 fully saturated rings. The van der Waals surface area contributed by atoms with E-state index in [0.717, 1.165) is 16.9 Å². The van der Waals surface area contributed by atoms with Crippen molar-refractivity contribution in [2.24, 2.45) is 5.73 Å². The highest BCUT2D eigenvalue weighted by Gasteiger charge is 2.33. The van der Waals surface area contributed by atoms with E-state index >= 15 is 0 Å². The lowest BCUT2D eigenvalue weighted by atomic mass is 9.95. The lowest BCUT2D eigenvalue weighted by Gasteiger charge is -2.27. The number of hydrogen-bond donors (Lipinski definition) is 2. The van der Waals surface area contributed by atoms with Gasteiger partial charge in [0.1, 0.15) is 17.5 Å². The Morgan fingerprint density at radius 1 is 1.10 bits per heavy atom. The van der Waals surface area contributed by atoms with Gasteiger partial charge in [0.15, 0.2) is 5.82 Å². The van der Waals surface area contributed by atoms with Crippen molar-refractivity contribution in [3.8, 4) is 22.9 Å². The first-order valence-corrected chi connectivity index (χ1v) is 9.04. The van der Waals surface area contributed by atoms with Crippen molar-refractivity contribution >= 4 is 11.9 Å². The molecule has 29 heavy (non-hydrogen) atoms. The van der Waals surface area contributed by atoms with Crippen molar-refractivity contribution in [1.29, 1.82) is 0 Å². The minimum absolute atomic E-state index is 0.428. The molecule has 1 amide bonds. The molecule has 3 N–H and O–H groups in total. The molecule has 0 radical (unpaired) electrons. The molecule has 1 aliphatic rings. The molecule has 8 heteroatoms. The fourth-order valence-electron chi connectivity index (χ4n) is 3.45. The highest BCUT2D eigenvalue weighted by molar-refractivity contribution is 5.95. The van der Waals surface area contributed by atoms with Gasteiger partial charge < -0.3 is 20.5 Å². The Hall–Kier alpha value is -3.81. The number of hydrogen-bond acceptors (Lipinski definition) is 6. The second-order valence-corrected chi connectivity index (χ2v) is 6.64. The summed E-state index contributed by atoms with van der Waals surface area (Å²) >= 11 is 0. The monoisotopic (exact) mass is 391 g/mol. The molecule has 1 aromatic heterocycles. The van der Waals surface area contributed by atoms with E-state index in [9.17, 15) is 4.79 Å². The summed E-state index contributed by atoms with van der Waals surface area (Å²) in [5, 5.41) is 7.82. The van der Waals surface area contributed by atoms with Crippen LogP contribution in [0.2, 0.25) is 0 Å². The molecule has 0 saturated carbocycles. The Kier molecular flexibility index (Phi) is 4.67. The van der Waals surface area contributed by atoms with E-state index in [1.807, 2.05) is 48.5 Å². The second kappa shape index (κ2) is 7.31. The molecule has 1 atom stereocenters. The van der Waals surface area contributed by atoms with Gasteiger partial charge in [0.2, 0.25) is 11.9 Å². The van der Waals surface area contributed by atoms with Crippen LogP contribution >= 0.6 is 0 Å². The molecule has 148 valence electrons. The molecule has 1 aliphatic heterocycles. The van der Waals surface area contributed by atoms with Crippen LogP contribution < -0.4 is 20.5 Å². The number of carbonyl (C=O) groups is 1. The molecule has 0 aliphatic carbocycles. The number of methoxy groups -OCH3 is 2. The van der Waals surface area contributed by atoms with Crippen molar-refractivity contribution in [2.75, 3.05) is 19.5 Å². The van der Waals surface area contributed by atoms with Gasteiger partial charge in [-0.2, -0.15) is 4.98 Å². The average molecular weight is 391 g/mol. The Labute approximate surface area is 168 Å². The molecular weight excluding hydrogens is 370 g/mol. The SMILES string of the molecule is COc1ccc(-c2nc3n(n2)[C@H](c2cccc(OC)c2)C(C(N)=O)=C(C)N3)cc1. The minimum Gasteiger partial charge on any atom is -0.497 e. The predicted octanol–water partition coefficient (Wildman–Crippen LogP) is 2.74. The number of nitrogens with zero attached hydrogens (tertiary/aromatic N) is 3. The molecular formula is C21H21N5O3. The smallest absolute Gasteiger partial charge is 0.248 e. The highest BCUT2D eigenvalue weighted by atomic mass is 16.5. The topological polar surface area (TPSA) is 104 Å². The molecule has 0 spiro atoms. The number of aromatic nitrogens is 3. The number of ether oxygens (including phenoxy) is 2. The number of nitrogens with two attached hydrogens (primary N) is 1. The number of amides is 1. The second-order valence-electron chi connectivity index (χ2n) is 6.64.